The van der Waals surface area contributed by atoms with Gasteiger partial charge in [-0.1, -0.05) is 0 Å². The van der Waals surface area contributed by atoms with Crippen molar-refractivity contribution in [1.82, 2.24) is 15.2 Å². The minimum Gasteiger partial charge on any atom is -0.477 e. The molecule has 0 aliphatic carbocycles. The summed E-state index contributed by atoms with van der Waals surface area (Å²) in [7, 11) is 0. The third-order valence-electron chi connectivity index (χ3n) is 2.88. The number of alkyl halides is 3. The van der Waals surface area contributed by atoms with Gasteiger partial charge in [-0.2, -0.15) is 17.6 Å². The van der Waals surface area contributed by atoms with Crippen LogP contribution in [0.4, 0.5) is 17.6 Å². The summed E-state index contributed by atoms with van der Waals surface area (Å²) in [5.41, 5.74) is -2.77. The van der Waals surface area contributed by atoms with Crippen LogP contribution >= 0.6 is 0 Å². The Labute approximate surface area is 126 Å². The van der Waals surface area contributed by atoms with Crippen LogP contribution in [0.3, 0.4) is 0 Å². The van der Waals surface area contributed by atoms with Crippen molar-refractivity contribution in [3.05, 3.63) is 40.6 Å². The highest BCUT2D eigenvalue weighted by Crippen LogP contribution is 2.34. The average molecular weight is 331 g/mol. The summed E-state index contributed by atoms with van der Waals surface area (Å²) in [5.74, 6) is -3.14. The van der Waals surface area contributed by atoms with Gasteiger partial charge >= 0.3 is 12.1 Å². The van der Waals surface area contributed by atoms with Crippen LogP contribution in [0, 0.1) is 19.8 Å². The molecule has 10 heteroatoms. The molecular formula is C13H9F4N3O3. The number of carboxylic acids is 1. The lowest BCUT2D eigenvalue weighted by atomic mass is 10.1. The standard InChI is InChI=1S/C13H9F4N3O3/c1-5-9(12(21)22)11(20-19-10(5)13(15,16)17)23-7-3-4-8(14)18-6(7)2/h3-4H,1-2H3,(H,21,22). The molecule has 2 rings (SSSR count). The molecule has 2 heterocycles. The van der Waals surface area contributed by atoms with Crippen LogP contribution in [0.1, 0.15) is 27.3 Å². The quantitative estimate of drug-likeness (QED) is 0.687. The molecule has 0 amide bonds. The van der Waals surface area contributed by atoms with Crippen molar-refractivity contribution < 1.29 is 32.2 Å². The van der Waals surface area contributed by atoms with Gasteiger partial charge in [-0.25, -0.2) is 9.78 Å². The number of halogens is 4. The number of hydrogen-bond acceptors (Lipinski definition) is 5. The van der Waals surface area contributed by atoms with E-state index in [1.165, 1.54) is 6.92 Å². The zero-order valence-electron chi connectivity index (χ0n) is 11.8. The van der Waals surface area contributed by atoms with Gasteiger partial charge in [0.25, 0.3) is 5.88 Å². The lowest BCUT2D eigenvalue weighted by molar-refractivity contribution is -0.142. The van der Waals surface area contributed by atoms with Crippen molar-refractivity contribution in [2.45, 2.75) is 20.0 Å². The molecule has 0 aliphatic rings. The van der Waals surface area contributed by atoms with E-state index < -0.39 is 40.8 Å². The minimum atomic E-state index is -4.85. The molecule has 0 saturated heterocycles. The smallest absolute Gasteiger partial charge is 0.435 e. The van der Waals surface area contributed by atoms with E-state index in [-0.39, 0.29) is 11.4 Å². The van der Waals surface area contributed by atoms with Crippen LogP contribution in [-0.4, -0.2) is 26.3 Å². The largest absolute Gasteiger partial charge is 0.477 e. The zero-order valence-corrected chi connectivity index (χ0v) is 11.8. The van der Waals surface area contributed by atoms with Crippen LogP contribution in [0.25, 0.3) is 0 Å². The summed E-state index contributed by atoms with van der Waals surface area (Å²) in [6.45, 7) is 2.33. The Morgan fingerprint density at radius 3 is 2.39 bits per heavy atom. The van der Waals surface area contributed by atoms with Crippen molar-refractivity contribution in [2.75, 3.05) is 0 Å². The molecule has 0 aliphatic heterocycles. The van der Waals surface area contributed by atoms with E-state index in [4.69, 9.17) is 9.84 Å². The van der Waals surface area contributed by atoms with E-state index in [2.05, 4.69) is 15.2 Å². The number of hydrogen-bond donors (Lipinski definition) is 1. The number of nitrogens with zero attached hydrogens (tertiary/aromatic N) is 3. The third-order valence-corrected chi connectivity index (χ3v) is 2.88. The van der Waals surface area contributed by atoms with Crippen LogP contribution in [0.2, 0.25) is 0 Å². The van der Waals surface area contributed by atoms with Crippen molar-refractivity contribution in [3.63, 3.8) is 0 Å². The SMILES string of the molecule is Cc1nc(F)ccc1Oc1nnc(C(F)(F)F)c(C)c1C(=O)O. The predicted octanol–water partition coefficient (Wildman–Crippen LogP) is 3.14. The third kappa shape index (κ3) is 3.35. The summed E-state index contributed by atoms with van der Waals surface area (Å²) in [6, 6.07) is 2.10. The zero-order chi connectivity index (χ0) is 17.4. The number of aryl methyl sites for hydroxylation is 1. The summed E-state index contributed by atoms with van der Waals surface area (Å²) >= 11 is 0. The van der Waals surface area contributed by atoms with E-state index in [9.17, 15) is 22.4 Å². The van der Waals surface area contributed by atoms with Crippen molar-refractivity contribution in [1.29, 1.82) is 0 Å². The lowest BCUT2D eigenvalue weighted by Crippen LogP contribution is -2.17. The molecule has 2 aromatic rings. The first-order valence-corrected chi connectivity index (χ1v) is 6.10. The Balaban J connectivity index is 2.55. The maximum atomic E-state index is 12.9. The van der Waals surface area contributed by atoms with Crippen LogP contribution in [0.5, 0.6) is 11.6 Å². The van der Waals surface area contributed by atoms with Gasteiger partial charge in [0.1, 0.15) is 5.56 Å². The Morgan fingerprint density at radius 1 is 1.22 bits per heavy atom. The highest BCUT2D eigenvalue weighted by Gasteiger charge is 2.38. The topological polar surface area (TPSA) is 85.2 Å². The molecular weight excluding hydrogens is 322 g/mol. The van der Waals surface area contributed by atoms with Crippen molar-refractivity contribution >= 4 is 5.97 Å². The van der Waals surface area contributed by atoms with Gasteiger partial charge < -0.3 is 9.84 Å². The van der Waals surface area contributed by atoms with E-state index in [0.29, 0.717) is 0 Å². The van der Waals surface area contributed by atoms with Crippen LogP contribution in [0.15, 0.2) is 12.1 Å². The minimum absolute atomic E-state index is 0.0534. The van der Waals surface area contributed by atoms with E-state index in [1.54, 1.807) is 0 Å². The number of carboxylic acid groups (broad SMARTS) is 1. The number of pyridine rings is 1. The predicted molar refractivity (Wildman–Crippen MR) is 67.7 cm³/mol. The molecule has 0 unspecified atom stereocenters. The molecule has 6 nitrogen and oxygen atoms in total. The number of carbonyl (C=O) groups is 1. The second-order valence-electron chi connectivity index (χ2n) is 4.48. The molecule has 0 fully saturated rings. The first kappa shape index (κ1) is 16.6. The first-order valence-electron chi connectivity index (χ1n) is 6.10. The number of ether oxygens (including phenoxy) is 1. The maximum absolute atomic E-state index is 12.9. The fourth-order valence-corrected chi connectivity index (χ4v) is 1.82. The summed E-state index contributed by atoms with van der Waals surface area (Å²) in [5, 5.41) is 15.3. The molecule has 23 heavy (non-hydrogen) atoms. The van der Waals surface area contributed by atoms with Crippen molar-refractivity contribution in [3.8, 4) is 11.6 Å². The molecule has 1 N–H and O–H groups in total. The fourth-order valence-electron chi connectivity index (χ4n) is 1.82. The van der Waals surface area contributed by atoms with Gasteiger partial charge in [0, 0.05) is 5.56 Å². The fraction of sp³-hybridized carbons (Fsp3) is 0.231. The van der Waals surface area contributed by atoms with Gasteiger partial charge in [-0.3, -0.25) is 0 Å². The highest BCUT2D eigenvalue weighted by atomic mass is 19.4. The summed E-state index contributed by atoms with van der Waals surface area (Å²) in [6.07, 6.45) is -4.85. The van der Waals surface area contributed by atoms with Gasteiger partial charge in [0.05, 0.1) is 5.69 Å². The van der Waals surface area contributed by atoms with Gasteiger partial charge in [0.2, 0.25) is 5.95 Å². The van der Waals surface area contributed by atoms with E-state index in [0.717, 1.165) is 19.1 Å². The average Bonchev–Trinajstić information content (AvgIpc) is 2.40. The second-order valence-corrected chi connectivity index (χ2v) is 4.48. The maximum Gasteiger partial charge on any atom is 0.435 e. The number of rotatable bonds is 3. The Morgan fingerprint density at radius 2 is 1.87 bits per heavy atom. The normalized spacial score (nSPS) is 11.4. The number of aromatic carboxylic acids is 1. The summed E-state index contributed by atoms with van der Waals surface area (Å²) in [4.78, 5) is 14.7. The summed E-state index contributed by atoms with van der Waals surface area (Å²) < 4.78 is 56.4. The molecule has 122 valence electrons. The number of aromatic nitrogens is 3. The van der Waals surface area contributed by atoms with Gasteiger partial charge in [0.15, 0.2) is 11.4 Å². The lowest BCUT2D eigenvalue weighted by Gasteiger charge is -2.14. The van der Waals surface area contributed by atoms with Crippen LogP contribution in [-0.2, 0) is 6.18 Å². The molecule has 0 radical (unpaired) electrons. The molecule has 2 aromatic heterocycles. The molecule has 0 bridgehead atoms. The van der Waals surface area contributed by atoms with E-state index in [1.807, 2.05) is 0 Å². The first-order chi connectivity index (χ1) is 10.6. The Bertz CT molecular complexity index is 778. The van der Waals surface area contributed by atoms with Crippen LogP contribution < -0.4 is 4.74 Å². The molecule has 0 aromatic carbocycles. The molecule has 0 atom stereocenters. The van der Waals surface area contributed by atoms with Crippen molar-refractivity contribution in [2.24, 2.45) is 0 Å². The second kappa shape index (κ2) is 5.78. The molecule has 0 saturated carbocycles. The van der Waals surface area contributed by atoms with Gasteiger partial charge in [-0.15, -0.1) is 10.2 Å². The Kier molecular flexibility index (Phi) is 4.17. The monoisotopic (exact) mass is 331 g/mol. The highest BCUT2D eigenvalue weighted by molar-refractivity contribution is 5.92. The molecule has 0 spiro atoms. The Hall–Kier alpha value is -2.78. The van der Waals surface area contributed by atoms with Gasteiger partial charge in [-0.05, 0) is 26.0 Å². The van der Waals surface area contributed by atoms with E-state index >= 15 is 0 Å².